The molecule has 1 heterocycles. The standard InChI is InChI=1S/C4H8N3.FHO3S/c1-6-4-3-5-7(6)2;1-5(2,3)4/h3-4H,1-2H3;(H,2,3,4)/q+1;/p-1. The molecule has 0 spiro atoms. The molecule has 0 amide bonds. The van der Waals surface area contributed by atoms with Crippen LogP contribution in [0.4, 0.5) is 3.89 Å². The normalized spacial score (nSPS) is 10.3. The first-order valence-corrected chi connectivity index (χ1v) is 4.11. The molecule has 0 aliphatic carbocycles. The topological polar surface area (TPSA) is 78.9 Å². The Hall–Kier alpha value is -1.02. The lowest BCUT2D eigenvalue weighted by atomic mass is 10.9. The maximum Gasteiger partial charge on any atom is 0.255 e. The summed E-state index contributed by atoms with van der Waals surface area (Å²) in [6, 6.07) is 0. The van der Waals surface area contributed by atoms with Crippen molar-refractivity contribution in [3.63, 3.8) is 0 Å². The van der Waals surface area contributed by atoms with Gasteiger partial charge in [0.25, 0.3) is 10.5 Å². The molecule has 0 N–H and O–H groups in total. The third-order valence-electron chi connectivity index (χ3n) is 0.973. The zero-order valence-corrected chi connectivity index (χ0v) is 7.32. The second-order valence-electron chi connectivity index (χ2n) is 1.87. The highest BCUT2D eigenvalue weighted by Gasteiger charge is 1.91. The molecule has 0 fully saturated rings. The predicted molar refractivity (Wildman–Crippen MR) is 35.2 cm³/mol. The van der Waals surface area contributed by atoms with E-state index in [1.165, 1.54) is 0 Å². The summed E-state index contributed by atoms with van der Waals surface area (Å²) in [6.45, 7) is 0. The summed E-state index contributed by atoms with van der Waals surface area (Å²) >= 11 is 0. The monoisotopic (exact) mass is 197 g/mol. The van der Waals surface area contributed by atoms with Crippen LogP contribution in [0.2, 0.25) is 0 Å². The minimum Gasteiger partial charge on any atom is -0.722 e. The van der Waals surface area contributed by atoms with Crippen LogP contribution >= 0.6 is 0 Å². The van der Waals surface area contributed by atoms with Gasteiger partial charge >= 0.3 is 0 Å². The molecule has 1 rings (SSSR count). The Kier molecular flexibility index (Phi) is 3.77. The Balaban J connectivity index is 0.000000217. The van der Waals surface area contributed by atoms with Crippen molar-refractivity contribution < 1.29 is 21.5 Å². The van der Waals surface area contributed by atoms with Gasteiger partial charge in [0.2, 0.25) is 6.20 Å². The lowest BCUT2D eigenvalue weighted by Crippen LogP contribution is -2.36. The molecule has 0 saturated heterocycles. The second-order valence-corrected chi connectivity index (χ2v) is 2.66. The number of hydrogen-bond acceptors (Lipinski definition) is 4. The van der Waals surface area contributed by atoms with E-state index >= 15 is 0 Å². The van der Waals surface area contributed by atoms with E-state index in [0.717, 1.165) is 0 Å². The summed E-state index contributed by atoms with van der Waals surface area (Å²) < 4.78 is 37.2. The van der Waals surface area contributed by atoms with Gasteiger partial charge in [-0.3, -0.25) is 0 Å². The number of rotatable bonds is 0. The van der Waals surface area contributed by atoms with Crippen LogP contribution in [-0.2, 0) is 24.6 Å². The summed E-state index contributed by atoms with van der Waals surface area (Å²) in [4.78, 5) is 1.75. The van der Waals surface area contributed by atoms with Gasteiger partial charge in [0.05, 0.1) is 7.05 Å². The lowest BCUT2D eigenvalue weighted by Gasteiger charge is -1.84. The first-order chi connectivity index (χ1) is 5.30. The minimum absolute atomic E-state index is 1.75. The van der Waals surface area contributed by atoms with E-state index in [2.05, 4.69) is 5.10 Å². The average Bonchev–Trinajstić information content (AvgIpc) is 2.12. The van der Waals surface area contributed by atoms with E-state index in [-0.39, 0.29) is 0 Å². The highest BCUT2D eigenvalue weighted by molar-refractivity contribution is 7.80. The van der Waals surface area contributed by atoms with Gasteiger partial charge in [-0.2, -0.15) is 4.68 Å². The van der Waals surface area contributed by atoms with Crippen LogP contribution in [-0.4, -0.2) is 22.9 Å². The Morgan fingerprint density at radius 2 is 2.08 bits per heavy atom. The highest BCUT2D eigenvalue weighted by atomic mass is 32.3. The molecule has 0 radical (unpaired) electrons. The molecular formula is C4H8FN3O3S. The van der Waals surface area contributed by atoms with Gasteiger partial charge in [-0.15, -0.1) is 3.89 Å². The Morgan fingerprint density at radius 3 is 2.17 bits per heavy atom. The second kappa shape index (κ2) is 4.12. The molecule has 1 aromatic rings. The maximum atomic E-state index is 10.1. The van der Waals surface area contributed by atoms with Crippen LogP contribution in [0.5, 0.6) is 0 Å². The van der Waals surface area contributed by atoms with Crippen LogP contribution in [0, 0.1) is 0 Å². The van der Waals surface area contributed by atoms with E-state index in [9.17, 15) is 3.89 Å². The summed E-state index contributed by atoms with van der Waals surface area (Å²) in [5.74, 6) is 0. The maximum absolute atomic E-state index is 10.1. The van der Waals surface area contributed by atoms with E-state index in [0.29, 0.717) is 0 Å². The fourth-order valence-electron chi connectivity index (χ4n) is 0.401. The highest BCUT2D eigenvalue weighted by Crippen LogP contribution is 1.73. The number of hydrogen-bond donors (Lipinski definition) is 0. The molecule has 0 unspecified atom stereocenters. The van der Waals surface area contributed by atoms with E-state index in [4.69, 9.17) is 13.0 Å². The molecular weight excluding hydrogens is 189 g/mol. The van der Waals surface area contributed by atoms with Crippen molar-refractivity contribution in [3.05, 3.63) is 12.4 Å². The van der Waals surface area contributed by atoms with Crippen molar-refractivity contribution in [1.82, 2.24) is 9.90 Å². The first-order valence-electron chi connectivity index (χ1n) is 2.80. The van der Waals surface area contributed by atoms with Crippen molar-refractivity contribution >= 4 is 10.5 Å². The Morgan fingerprint density at radius 1 is 1.67 bits per heavy atom. The van der Waals surface area contributed by atoms with Gasteiger partial charge in [0, 0.05) is 5.10 Å². The Bertz CT molecular complexity index is 309. The fourth-order valence-corrected chi connectivity index (χ4v) is 0.401. The number of nitrogens with zero attached hydrogens (tertiary/aromatic N) is 3. The smallest absolute Gasteiger partial charge is 0.255 e. The average molecular weight is 197 g/mol. The molecule has 0 saturated carbocycles. The van der Waals surface area contributed by atoms with E-state index in [1.807, 2.05) is 25.0 Å². The largest absolute Gasteiger partial charge is 0.722 e. The van der Waals surface area contributed by atoms with Crippen LogP contribution in [0.25, 0.3) is 0 Å². The SMILES string of the molecule is Cn1ncc[n+]1C.O=S(=O)([O-])F. The number of aromatic nitrogens is 3. The summed E-state index contributed by atoms with van der Waals surface area (Å²) in [5.41, 5.74) is 0. The van der Waals surface area contributed by atoms with Crippen molar-refractivity contribution in [2.75, 3.05) is 0 Å². The van der Waals surface area contributed by atoms with Crippen molar-refractivity contribution in [2.24, 2.45) is 14.1 Å². The van der Waals surface area contributed by atoms with Gasteiger partial charge in [0.15, 0.2) is 6.20 Å². The van der Waals surface area contributed by atoms with Crippen LogP contribution < -0.4 is 4.68 Å². The minimum atomic E-state index is -5.42. The van der Waals surface area contributed by atoms with E-state index in [1.54, 1.807) is 11.0 Å². The number of halogens is 1. The molecule has 1 aromatic heterocycles. The Labute approximate surface area is 69.3 Å². The van der Waals surface area contributed by atoms with Crippen LogP contribution in [0.15, 0.2) is 12.4 Å². The third kappa shape index (κ3) is 7.09. The summed E-state index contributed by atoms with van der Waals surface area (Å²) in [7, 11) is -1.59. The number of aryl methyl sites for hydroxylation is 2. The third-order valence-corrected chi connectivity index (χ3v) is 0.973. The zero-order chi connectivity index (χ0) is 9.78. The summed E-state index contributed by atoms with van der Waals surface area (Å²) in [6.07, 6.45) is 3.64. The predicted octanol–water partition coefficient (Wildman–Crippen LogP) is -1.34. The fraction of sp³-hybridized carbons (Fsp3) is 0.500. The zero-order valence-electron chi connectivity index (χ0n) is 6.51. The van der Waals surface area contributed by atoms with Crippen molar-refractivity contribution in [1.29, 1.82) is 0 Å². The molecule has 6 nitrogen and oxygen atoms in total. The molecule has 0 bridgehead atoms. The van der Waals surface area contributed by atoms with Gasteiger partial charge < -0.3 is 4.55 Å². The molecule has 0 aliphatic rings. The lowest BCUT2D eigenvalue weighted by molar-refractivity contribution is -0.755. The molecule has 8 heteroatoms. The van der Waals surface area contributed by atoms with Crippen molar-refractivity contribution in [2.45, 2.75) is 0 Å². The van der Waals surface area contributed by atoms with E-state index < -0.39 is 10.5 Å². The quantitative estimate of drug-likeness (QED) is 0.293. The van der Waals surface area contributed by atoms with Crippen molar-refractivity contribution in [3.8, 4) is 0 Å². The molecule has 70 valence electrons. The van der Waals surface area contributed by atoms with Crippen LogP contribution in [0.3, 0.4) is 0 Å². The van der Waals surface area contributed by atoms with Gasteiger partial charge in [-0.25, -0.2) is 8.42 Å². The summed E-state index contributed by atoms with van der Waals surface area (Å²) in [5, 5.41) is 3.90. The molecule has 0 atom stereocenters. The molecule has 0 aliphatic heterocycles. The molecule has 0 aromatic carbocycles. The van der Waals surface area contributed by atoms with Crippen LogP contribution in [0.1, 0.15) is 0 Å². The van der Waals surface area contributed by atoms with Gasteiger partial charge in [-0.1, -0.05) is 0 Å². The molecule has 12 heavy (non-hydrogen) atoms. The van der Waals surface area contributed by atoms with Gasteiger partial charge in [-0.05, 0) is 4.80 Å². The first kappa shape index (κ1) is 11.0. The van der Waals surface area contributed by atoms with Gasteiger partial charge in [0.1, 0.15) is 7.05 Å².